The van der Waals surface area contributed by atoms with E-state index >= 15 is 4.39 Å². The van der Waals surface area contributed by atoms with E-state index in [1.54, 1.807) is 37.4 Å². The number of likely N-dealkylation sites (tertiary alicyclic amines) is 1. The third-order valence-electron chi connectivity index (χ3n) is 9.55. The van der Waals surface area contributed by atoms with Crippen LogP contribution in [0.15, 0.2) is 42.7 Å². The fraction of sp³-hybridized carbons (Fsp3) is 0.333. The van der Waals surface area contributed by atoms with Gasteiger partial charge in [-0.2, -0.15) is 0 Å². The number of hydrogen-bond acceptors (Lipinski definition) is 5. The Morgan fingerprint density at radius 1 is 1.24 bits per heavy atom. The Balaban J connectivity index is 1.43. The van der Waals surface area contributed by atoms with E-state index in [2.05, 4.69) is 15.2 Å². The van der Waals surface area contributed by atoms with E-state index in [-0.39, 0.29) is 28.6 Å². The van der Waals surface area contributed by atoms with Crippen molar-refractivity contribution in [1.82, 2.24) is 19.3 Å². The van der Waals surface area contributed by atoms with E-state index in [4.69, 9.17) is 28.2 Å². The van der Waals surface area contributed by atoms with Gasteiger partial charge in [0.05, 0.1) is 11.3 Å². The molecule has 4 atom stereocenters. The number of amides is 1. The van der Waals surface area contributed by atoms with Crippen LogP contribution in [-0.2, 0) is 16.8 Å². The number of fused-ring (bicyclic) bond motifs is 7. The van der Waals surface area contributed by atoms with Crippen molar-refractivity contribution in [1.29, 1.82) is 0 Å². The highest BCUT2D eigenvalue weighted by atomic mass is 35.5. The molecule has 2 aliphatic carbocycles. The van der Waals surface area contributed by atoms with Gasteiger partial charge in [0.2, 0.25) is 5.91 Å². The van der Waals surface area contributed by atoms with Gasteiger partial charge in [-0.15, -0.1) is 0 Å². The molecule has 208 valence electrons. The average molecular weight is 592 g/mol. The van der Waals surface area contributed by atoms with Gasteiger partial charge >= 0.3 is 5.97 Å². The first kappa shape index (κ1) is 25.2. The second-order valence-electron chi connectivity index (χ2n) is 11.6. The number of rotatable bonds is 4. The maximum absolute atomic E-state index is 16.0. The molecule has 4 aromatic rings. The molecule has 8 rings (SSSR count). The topological polar surface area (TPSA) is 99.8 Å². The van der Waals surface area contributed by atoms with E-state index in [0.29, 0.717) is 46.4 Å². The molecule has 2 aliphatic heterocycles. The lowest BCUT2D eigenvalue weighted by Gasteiger charge is -2.40. The van der Waals surface area contributed by atoms with Crippen molar-refractivity contribution < 1.29 is 19.1 Å². The van der Waals surface area contributed by atoms with Crippen molar-refractivity contribution in [3.8, 4) is 0 Å². The van der Waals surface area contributed by atoms with E-state index in [0.717, 1.165) is 29.8 Å². The molecule has 3 aromatic heterocycles. The van der Waals surface area contributed by atoms with Gasteiger partial charge in [0.25, 0.3) is 0 Å². The molecule has 1 unspecified atom stereocenters. The maximum Gasteiger partial charge on any atom is 0.336 e. The molecule has 1 saturated heterocycles. The second-order valence-corrected chi connectivity index (χ2v) is 12.4. The Labute approximate surface area is 244 Å². The quantitative estimate of drug-likeness (QED) is 0.302. The van der Waals surface area contributed by atoms with Gasteiger partial charge < -0.3 is 14.8 Å². The summed E-state index contributed by atoms with van der Waals surface area (Å²) in [5.74, 6) is -2.50. The summed E-state index contributed by atoms with van der Waals surface area (Å²) in [6.07, 6.45) is 5.95. The Bertz CT molecular complexity index is 1840. The summed E-state index contributed by atoms with van der Waals surface area (Å²) in [4.78, 5) is 37.5. The summed E-state index contributed by atoms with van der Waals surface area (Å²) in [5.41, 5.74) is 3.46. The van der Waals surface area contributed by atoms with Crippen LogP contribution in [0.5, 0.6) is 0 Å². The number of benzene rings is 1. The fourth-order valence-corrected chi connectivity index (χ4v) is 8.07. The number of aromatic nitrogens is 3. The molecule has 1 spiro atoms. The van der Waals surface area contributed by atoms with E-state index in [1.165, 1.54) is 6.20 Å². The summed E-state index contributed by atoms with van der Waals surface area (Å²) < 4.78 is 18.0. The predicted octanol–water partition coefficient (Wildman–Crippen LogP) is 5.55. The number of carbonyl (C=O) groups is 2. The number of aryl methyl sites for hydroxylation is 1. The standard InChI is InChI=1S/C30H24Cl2FN5O3/c1-13-16(28(39)40)7-9-37-21-11-20-22(25(21)36-27(13)37)23(17-6-8-34-26(32)24(17)33)30(38(20)12-14-2-3-14)18-5-4-15(31)10-19(18)35-29(30)41/h4-10,14,20,22-23H,2-3,11-12H2,1H3,(H,35,41)(H,39,40)/t20?,22-,23+,30-/m1/s1. The SMILES string of the molecule is Cc1c(C(=O)O)ccn2c3c(nc12)[C@@H]1C(C3)N(CC2CC2)[C@@]2(C(=O)Nc3cc(Cl)ccc32)[C@H]1c1ccnc(Cl)c1F. The molecule has 4 aliphatic rings. The number of nitrogens with zero attached hydrogens (tertiary/aromatic N) is 4. The van der Waals surface area contributed by atoms with Gasteiger partial charge in [-0.25, -0.2) is 19.2 Å². The number of carbonyl (C=O) groups excluding carboxylic acids is 1. The number of imidazole rings is 1. The fourth-order valence-electron chi connectivity index (χ4n) is 7.73. The summed E-state index contributed by atoms with van der Waals surface area (Å²) in [6, 6.07) is 8.45. The molecule has 2 fully saturated rings. The van der Waals surface area contributed by atoms with Gasteiger partial charge in [-0.05, 0) is 55.5 Å². The first-order valence-electron chi connectivity index (χ1n) is 13.6. The molecular formula is C30H24Cl2FN5O3. The number of aromatic carboxylic acids is 1. The van der Waals surface area contributed by atoms with Crippen LogP contribution in [0, 0.1) is 18.7 Å². The molecule has 5 heterocycles. The highest BCUT2D eigenvalue weighted by Gasteiger charge is 2.69. The minimum absolute atomic E-state index is 0.145. The van der Waals surface area contributed by atoms with Crippen molar-refractivity contribution in [2.24, 2.45) is 5.92 Å². The lowest BCUT2D eigenvalue weighted by atomic mass is 9.71. The molecular weight excluding hydrogens is 568 g/mol. The smallest absolute Gasteiger partial charge is 0.336 e. The van der Waals surface area contributed by atoms with Gasteiger partial charge in [0, 0.05) is 70.8 Å². The molecule has 1 aromatic carbocycles. The average Bonchev–Trinajstić information content (AvgIpc) is 3.36. The number of carboxylic acids is 1. The summed E-state index contributed by atoms with van der Waals surface area (Å²) in [7, 11) is 0. The molecule has 2 N–H and O–H groups in total. The number of anilines is 1. The van der Waals surface area contributed by atoms with Crippen LogP contribution in [0.1, 0.15) is 63.1 Å². The summed E-state index contributed by atoms with van der Waals surface area (Å²) >= 11 is 12.6. The summed E-state index contributed by atoms with van der Waals surface area (Å²) in [6.45, 7) is 2.43. The van der Waals surface area contributed by atoms with Crippen LogP contribution in [0.3, 0.4) is 0 Å². The number of nitrogens with one attached hydrogen (secondary N) is 1. The van der Waals surface area contributed by atoms with Crippen LogP contribution in [-0.4, -0.2) is 48.8 Å². The predicted molar refractivity (Wildman–Crippen MR) is 150 cm³/mol. The van der Waals surface area contributed by atoms with Gasteiger partial charge in [0.15, 0.2) is 11.0 Å². The maximum atomic E-state index is 16.0. The van der Waals surface area contributed by atoms with Crippen LogP contribution in [0.4, 0.5) is 10.1 Å². The third-order valence-corrected chi connectivity index (χ3v) is 10.0. The van der Waals surface area contributed by atoms with E-state index in [1.807, 2.05) is 10.5 Å². The number of hydrogen-bond donors (Lipinski definition) is 2. The lowest BCUT2D eigenvalue weighted by molar-refractivity contribution is -0.128. The Morgan fingerprint density at radius 2 is 2.05 bits per heavy atom. The normalized spacial score (nSPS) is 26.4. The first-order valence-corrected chi connectivity index (χ1v) is 14.4. The van der Waals surface area contributed by atoms with Gasteiger partial charge in [-0.3, -0.25) is 9.69 Å². The lowest BCUT2D eigenvalue weighted by Crippen LogP contribution is -2.53. The zero-order chi connectivity index (χ0) is 28.4. The van der Waals surface area contributed by atoms with Crippen molar-refractivity contribution in [2.75, 3.05) is 11.9 Å². The number of carboxylic acid groups (broad SMARTS) is 1. The van der Waals surface area contributed by atoms with Gasteiger partial charge in [-0.1, -0.05) is 29.3 Å². The minimum atomic E-state index is -1.22. The highest BCUT2D eigenvalue weighted by Crippen LogP contribution is 2.65. The zero-order valence-electron chi connectivity index (χ0n) is 21.9. The molecule has 8 nitrogen and oxygen atoms in total. The number of halogens is 3. The molecule has 0 bridgehead atoms. The van der Waals surface area contributed by atoms with Crippen LogP contribution in [0.2, 0.25) is 10.2 Å². The molecule has 0 radical (unpaired) electrons. The van der Waals surface area contributed by atoms with E-state index < -0.39 is 23.2 Å². The van der Waals surface area contributed by atoms with Crippen LogP contribution >= 0.6 is 23.2 Å². The van der Waals surface area contributed by atoms with Crippen LogP contribution in [0.25, 0.3) is 5.65 Å². The van der Waals surface area contributed by atoms with Crippen molar-refractivity contribution in [2.45, 2.75) is 49.6 Å². The Hall–Kier alpha value is -3.53. The van der Waals surface area contributed by atoms with E-state index in [9.17, 15) is 14.7 Å². The second kappa shape index (κ2) is 8.50. The molecule has 41 heavy (non-hydrogen) atoms. The Morgan fingerprint density at radius 3 is 2.80 bits per heavy atom. The van der Waals surface area contributed by atoms with Crippen LogP contribution < -0.4 is 5.32 Å². The molecule has 1 saturated carbocycles. The van der Waals surface area contributed by atoms with Gasteiger partial charge in [0.1, 0.15) is 11.2 Å². The zero-order valence-corrected chi connectivity index (χ0v) is 23.4. The van der Waals surface area contributed by atoms with Crippen molar-refractivity contribution in [3.05, 3.63) is 92.4 Å². The Kier molecular flexibility index (Phi) is 5.22. The highest BCUT2D eigenvalue weighted by molar-refractivity contribution is 6.31. The monoisotopic (exact) mass is 591 g/mol. The third kappa shape index (κ3) is 3.25. The number of pyridine rings is 2. The summed E-state index contributed by atoms with van der Waals surface area (Å²) in [5, 5.41) is 13.0. The largest absolute Gasteiger partial charge is 0.478 e. The molecule has 11 heteroatoms. The molecule has 1 amide bonds. The first-order chi connectivity index (χ1) is 19.7. The van der Waals surface area contributed by atoms with Crippen molar-refractivity contribution in [3.63, 3.8) is 0 Å². The van der Waals surface area contributed by atoms with Crippen molar-refractivity contribution >= 4 is 46.4 Å². The minimum Gasteiger partial charge on any atom is -0.478 e.